The number of nitrogens with two attached hydrogens (primary N) is 1. The van der Waals surface area contributed by atoms with Crippen molar-refractivity contribution in [1.82, 2.24) is 19.7 Å². The van der Waals surface area contributed by atoms with Crippen LogP contribution < -0.4 is 10.8 Å². The van der Waals surface area contributed by atoms with E-state index >= 15 is 0 Å². The van der Waals surface area contributed by atoms with Crippen LogP contribution in [-0.2, 0) is 23.4 Å². The van der Waals surface area contributed by atoms with Gasteiger partial charge in [0.25, 0.3) is 6.26 Å². The van der Waals surface area contributed by atoms with Crippen molar-refractivity contribution in [3.05, 3.63) is 24.2 Å². The third kappa shape index (κ3) is 7.06. The highest BCUT2D eigenvalue weighted by Crippen LogP contribution is 2.26. The molecule has 0 fully saturated rings. The molecule has 0 aromatic carbocycles. The molecule has 0 radical (unpaired) electrons. The number of carbonyl (C=O) groups excluding carboxylic acids is 1. The Hall–Kier alpha value is -2.88. The minimum atomic E-state index is -2.58. The summed E-state index contributed by atoms with van der Waals surface area (Å²) in [7, 11) is -2.58. The highest BCUT2D eigenvalue weighted by atomic mass is 31.1. The lowest BCUT2D eigenvalue weighted by molar-refractivity contribution is -0.146. The van der Waals surface area contributed by atoms with Crippen molar-refractivity contribution >= 4 is 25.5 Å². The van der Waals surface area contributed by atoms with E-state index < -0.39 is 45.1 Å². The van der Waals surface area contributed by atoms with Crippen LogP contribution in [0.2, 0.25) is 0 Å². The van der Waals surface area contributed by atoms with Gasteiger partial charge in [0, 0.05) is 0 Å². The maximum atomic E-state index is 12.2. The SMILES string of the molecule is CCC(CC)COC(=O)[C@H](C)N[P+](=O)OC[C@@H](OC#N)[C@@H](O)[C@@H](O)c1ccc2c(N)ncnn12. The summed E-state index contributed by atoms with van der Waals surface area (Å²) in [5.41, 5.74) is 6.35. The van der Waals surface area contributed by atoms with Crippen molar-refractivity contribution in [1.29, 1.82) is 5.26 Å². The van der Waals surface area contributed by atoms with Gasteiger partial charge in [0.05, 0.1) is 12.3 Å². The number of aromatic nitrogens is 3. The minimum Gasteiger partial charge on any atom is -0.464 e. The van der Waals surface area contributed by atoms with E-state index in [1.807, 2.05) is 13.8 Å². The zero-order valence-corrected chi connectivity index (χ0v) is 20.1. The monoisotopic (exact) mass is 497 g/mol. The fourth-order valence-corrected chi connectivity index (χ4v) is 3.86. The van der Waals surface area contributed by atoms with E-state index in [9.17, 15) is 19.6 Å². The molecule has 5 N–H and O–H groups in total. The minimum absolute atomic E-state index is 0.166. The van der Waals surface area contributed by atoms with Gasteiger partial charge in [0.15, 0.2) is 11.9 Å². The molecule has 0 saturated carbocycles. The molecule has 0 amide bonds. The fraction of sp³-hybridized carbons (Fsp3) is 0.600. The van der Waals surface area contributed by atoms with E-state index in [0.29, 0.717) is 5.52 Å². The second-order valence-electron chi connectivity index (χ2n) is 7.60. The molecule has 0 bridgehead atoms. The van der Waals surface area contributed by atoms with Gasteiger partial charge < -0.3 is 25.4 Å². The Morgan fingerprint density at radius 2 is 2.03 bits per heavy atom. The van der Waals surface area contributed by atoms with Crippen LogP contribution in [0.25, 0.3) is 5.52 Å². The van der Waals surface area contributed by atoms with E-state index in [1.165, 1.54) is 30.1 Å². The summed E-state index contributed by atoms with van der Waals surface area (Å²) in [6.07, 6.45) is -0.226. The van der Waals surface area contributed by atoms with E-state index in [-0.39, 0.29) is 24.0 Å². The first-order valence-corrected chi connectivity index (χ1v) is 11.9. The molecule has 13 nitrogen and oxygen atoms in total. The van der Waals surface area contributed by atoms with Crippen molar-refractivity contribution < 1.29 is 33.6 Å². The number of esters is 1. The van der Waals surface area contributed by atoms with Gasteiger partial charge in [-0.05, 0) is 29.5 Å². The van der Waals surface area contributed by atoms with E-state index in [0.717, 1.165) is 12.8 Å². The van der Waals surface area contributed by atoms with E-state index in [1.54, 1.807) is 6.07 Å². The van der Waals surface area contributed by atoms with E-state index in [4.69, 9.17) is 25.0 Å². The highest BCUT2D eigenvalue weighted by molar-refractivity contribution is 7.36. The Morgan fingerprint density at radius 1 is 1.32 bits per heavy atom. The van der Waals surface area contributed by atoms with Crippen molar-refractivity contribution in [2.45, 2.75) is 58.0 Å². The van der Waals surface area contributed by atoms with Crippen LogP contribution in [0.15, 0.2) is 18.5 Å². The maximum Gasteiger partial charge on any atom is 0.613 e. The molecule has 2 aromatic rings. The van der Waals surface area contributed by atoms with Crippen LogP contribution >= 0.6 is 8.18 Å². The third-order valence-corrected chi connectivity index (χ3v) is 6.33. The molecule has 0 spiro atoms. The Balaban J connectivity index is 1.94. The number of hydrogen-bond acceptors (Lipinski definition) is 11. The number of fused-ring (bicyclic) bond motifs is 1. The molecule has 0 saturated heterocycles. The van der Waals surface area contributed by atoms with Gasteiger partial charge in [-0.2, -0.15) is 10.4 Å². The first kappa shape index (κ1) is 27.4. The predicted molar refractivity (Wildman–Crippen MR) is 120 cm³/mol. The second kappa shape index (κ2) is 13.1. The number of ether oxygens (including phenoxy) is 2. The van der Waals surface area contributed by atoms with Gasteiger partial charge >= 0.3 is 14.1 Å². The zero-order valence-electron chi connectivity index (χ0n) is 19.2. The standard InChI is InChI=1S/C20H30N6O7P/c1-4-13(5-2)8-31-20(29)12(3)25-34(30)33-9-16(32-10-21)18(28)17(27)14-6-7-15-19(22)23-11-24-26(14)15/h6-7,11-13,16-18,27-28H,4-5,8-9H2,1-3H3,(H,25,30)(H2,22,23,24)/q+1/t12-,16+,17-,18+/m0/s1. The largest absolute Gasteiger partial charge is 0.613 e. The van der Waals surface area contributed by atoms with E-state index in [2.05, 4.69) is 15.2 Å². The number of nitriles is 1. The number of nitrogen functional groups attached to an aromatic ring is 1. The average molecular weight is 497 g/mol. The fourth-order valence-electron chi connectivity index (χ4n) is 3.08. The van der Waals surface area contributed by atoms with Gasteiger partial charge in [-0.15, -0.1) is 4.52 Å². The average Bonchev–Trinajstić information content (AvgIpc) is 3.26. The molecule has 2 rings (SSSR count). The smallest absolute Gasteiger partial charge is 0.464 e. The summed E-state index contributed by atoms with van der Waals surface area (Å²) in [5.74, 6) is -0.161. The maximum absolute atomic E-state index is 12.2. The van der Waals surface area contributed by atoms with Gasteiger partial charge in [-0.3, -0.25) is 4.79 Å². The number of aliphatic hydroxyl groups is 2. The predicted octanol–water partition coefficient (Wildman–Crippen LogP) is 1.20. The van der Waals surface area contributed by atoms with Gasteiger partial charge in [0.2, 0.25) is 0 Å². The van der Waals surface area contributed by atoms with Gasteiger partial charge in [-0.25, -0.2) is 9.50 Å². The van der Waals surface area contributed by atoms with Crippen LogP contribution in [0.5, 0.6) is 0 Å². The number of hydrogen-bond donors (Lipinski definition) is 4. The summed E-state index contributed by atoms with van der Waals surface area (Å²) in [6.45, 7) is 5.22. The third-order valence-electron chi connectivity index (χ3n) is 5.35. The molecule has 0 aliphatic heterocycles. The van der Waals surface area contributed by atoms with Crippen LogP contribution in [0, 0.1) is 17.4 Å². The summed E-state index contributed by atoms with van der Waals surface area (Å²) in [5, 5.41) is 36.6. The number of nitrogens with one attached hydrogen (secondary N) is 1. The number of anilines is 1. The first-order chi connectivity index (χ1) is 16.2. The van der Waals surface area contributed by atoms with Crippen molar-refractivity contribution in [2.24, 2.45) is 5.92 Å². The van der Waals surface area contributed by atoms with Crippen molar-refractivity contribution in [2.75, 3.05) is 18.9 Å². The molecule has 1 unspecified atom stereocenters. The summed E-state index contributed by atoms with van der Waals surface area (Å²) in [6, 6.07) is 2.12. The molecule has 14 heteroatoms. The van der Waals surface area contributed by atoms with Crippen LogP contribution in [0.3, 0.4) is 0 Å². The topological polar surface area (TPSA) is 194 Å². The normalized spacial score (nSPS) is 15.4. The van der Waals surface area contributed by atoms with Gasteiger partial charge in [-0.1, -0.05) is 31.8 Å². The Bertz CT molecular complexity index is 1010. The number of aliphatic hydroxyl groups excluding tert-OH is 2. The zero-order chi connectivity index (χ0) is 25.3. The highest BCUT2D eigenvalue weighted by Gasteiger charge is 2.35. The quantitative estimate of drug-likeness (QED) is 0.166. The van der Waals surface area contributed by atoms with Gasteiger partial charge in [0.1, 0.15) is 36.7 Å². The van der Waals surface area contributed by atoms with Crippen LogP contribution in [0.4, 0.5) is 5.82 Å². The molecule has 5 atom stereocenters. The lowest BCUT2D eigenvalue weighted by atomic mass is 10.1. The van der Waals surface area contributed by atoms with Crippen LogP contribution in [-0.4, -0.2) is 62.2 Å². The molecule has 0 aliphatic rings. The molecule has 2 heterocycles. The molecule has 2 aromatic heterocycles. The number of carbonyl (C=O) groups is 1. The Kier molecular flexibility index (Phi) is 10.6. The lowest BCUT2D eigenvalue weighted by Gasteiger charge is -2.22. The Labute approximate surface area is 197 Å². The molecular formula is C20H30N6O7P+. The second-order valence-corrected chi connectivity index (χ2v) is 8.63. The lowest BCUT2D eigenvalue weighted by Crippen LogP contribution is -2.38. The number of nitrogens with zero attached hydrogens (tertiary/aromatic N) is 4. The first-order valence-electron chi connectivity index (χ1n) is 10.7. The Morgan fingerprint density at radius 3 is 2.68 bits per heavy atom. The summed E-state index contributed by atoms with van der Waals surface area (Å²) >= 11 is 0. The molecule has 186 valence electrons. The summed E-state index contributed by atoms with van der Waals surface area (Å²) < 4.78 is 28.7. The van der Waals surface area contributed by atoms with Crippen LogP contribution in [0.1, 0.15) is 45.4 Å². The molecular weight excluding hydrogens is 467 g/mol. The number of rotatable bonds is 14. The van der Waals surface area contributed by atoms with Crippen molar-refractivity contribution in [3.8, 4) is 6.26 Å². The summed E-state index contributed by atoms with van der Waals surface area (Å²) in [4.78, 5) is 15.9. The van der Waals surface area contributed by atoms with Crippen molar-refractivity contribution in [3.63, 3.8) is 0 Å². The molecule has 34 heavy (non-hydrogen) atoms. The molecule has 0 aliphatic carbocycles.